The van der Waals surface area contributed by atoms with Crippen LogP contribution in [-0.2, 0) is 13.0 Å². The predicted molar refractivity (Wildman–Crippen MR) is 81.0 cm³/mol. The summed E-state index contributed by atoms with van der Waals surface area (Å²) in [4.78, 5) is 12.3. The Morgan fingerprint density at radius 2 is 2.05 bits per heavy atom. The van der Waals surface area contributed by atoms with Crippen molar-refractivity contribution in [3.05, 3.63) is 64.7 Å². The van der Waals surface area contributed by atoms with E-state index in [1.807, 2.05) is 43.3 Å². The maximum absolute atomic E-state index is 12.3. The monoisotopic (exact) mass is 266 g/mol. The molecular weight excluding hydrogens is 248 g/mol. The molecule has 0 aliphatic carbocycles. The molecule has 0 saturated carbocycles. The first-order valence-corrected chi connectivity index (χ1v) is 6.93. The van der Waals surface area contributed by atoms with Gasteiger partial charge in [0.25, 0.3) is 5.91 Å². The number of aryl methyl sites for hydroxylation is 1. The minimum atomic E-state index is -0.0519. The fraction of sp³-hybridized carbons (Fsp3) is 0.235. The maximum atomic E-state index is 12.3. The van der Waals surface area contributed by atoms with Crippen LogP contribution < -0.4 is 10.6 Å². The number of carbonyl (C=O) groups excluding carboxylic acids is 1. The van der Waals surface area contributed by atoms with Crippen molar-refractivity contribution in [1.82, 2.24) is 5.32 Å². The molecular formula is C17H18N2O. The van der Waals surface area contributed by atoms with E-state index >= 15 is 0 Å². The largest absolute Gasteiger partial charge is 0.322 e. The van der Waals surface area contributed by atoms with Crippen molar-refractivity contribution in [3.8, 4) is 0 Å². The Balaban J connectivity index is 1.80. The average Bonchev–Trinajstić information content (AvgIpc) is 2.47. The molecule has 0 radical (unpaired) electrons. The second kappa shape index (κ2) is 5.47. The molecule has 3 rings (SSSR count). The summed E-state index contributed by atoms with van der Waals surface area (Å²) in [5, 5.41) is 6.28. The second-order valence-corrected chi connectivity index (χ2v) is 5.23. The Bertz CT molecular complexity index is 649. The smallest absolute Gasteiger partial charge is 0.255 e. The van der Waals surface area contributed by atoms with Crippen LogP contribution in [0.25, 0.3) is 0 Å². The molecule has 0 unspecified atom stereocenters. The molecule has 1 amide bonds. The molecule has 2 N–H and O–H groups in total. The molecule has 0 fully saturated rings. The van der Waals surface area contributed by atoms with Crippen LogP contribution in [0.3, 0.4) is 0 Å². The van der Waals surface area contributed by atoms with Crippen molar-refractivity contribution >= 4 is 11.6 Å². The molecule has 102 valence electrons. The summed E-state index contributed by atoms with van der Waals surface area (Å²) in [5.74, 6) is -0.0519. The zero-order valence-electron chi connectivity index (χ0n) is 11.6. The van der Waals surface area contributed by atoms with Gasteiger partial charge in [-0.25, -0.2) is 0 Å². The van der Waals surface area contributed by atoms with Crippen molar-refractivity contribution in [2.45, 2.75) is 19.9 Å². The summed E-state index contributed by atoms with van der Waals surface area (Å²) >= 11 is 0. The van der Waals surface area contributed by atoms with Gasteiger partial charge in [-0.05, 0) is 60.8 Å². The van der Waals surface area contributed by atoms with E-state index in [0.717, 1.165) is 30.8 Å². The maximum Gasteiger partial charge on any atom is 0.255 e. The summed E-state index contributed by atoms with van der Waals surface area (Å²) in [6, 6.07) is 13.8. The highest BCUT2D eigenvalue weighted by atomic mass is 16.1. The Morgan fingerprint density at radius 1 is 1.15 bits per heavy atom. The third-order valence-electron chi connectivity index (χ3n) is 3.63. The average molecular weight is 266 g/mol. The van der Waals surface area contributed by atoms with Gasteiger partial charge in [-0.15, -0.1) is 0 Å². The predicted octanol–water partition coefficient (Wildman–Crippen LogP) is 2.89. The number of amides is 1. The van der Waals surface area contributed by atoms with Crippen LogP contribution in [0.15, 0.2) is 42.5 Å². The van der Waals surface area contributed by atoms with Crippen LogP contribution in [0.2, 0.25) is 0 Å². The zero-order valence-corrected chi connectivity index (χ0v) is 11.6. The van der Waals surface area contributed by atoms with Crippen molar-refractivity contribution < 1.29 is 4.79 Å². The molecule has 0 bridgehead atoms. The number of fused-ring (bicyclic) bond motifs is 1. The van der Waals surface area contributed by atoms with Crippen molar-refractivity contribution in [1.29, 1.82) is 0 Å². The van der Waals surface area contributed by atoms with Crippen LogP contribution in [0, 0.1) is 6.92 Å². The van der Waals surface area contributed by atoms with Crippen molar-refractivity contribution in [3.63, 3.8) is 0 Å². The van der Waals surface area contributed by atoms with E-state index < -0.39 is 0 Å². The summed E-state index contributed by atoms with van der Waals surface area (Å²) in [6.45, 7) is 3.88. The van der Waals surface area contributed by atoms with E-state index in [4.69, 9.17) is 0 Å². The highest BCUT2D eigenvalue weighted by Crippen LogP contribution is 2.17. The first kappa shape index (κ1) is 12.9. The first-order valence-electron chi connectivity index (χ1n) is 6.93. The Hall–Kier alpha value is -2.13. The Morgan fingerprint density at radius 3 is 2.90 bits per heavy atom. The van der Waals surface area contributed by atoms with Gasteiger partial charge in [0.15, 0.2) is 0 Å². The highest BCUT2D eigenvalue weighted by molar-refractivity contribution is 6.04. The van der Waals surface area contributed by atoms with Crippen LogP contribution >= 0.6 is 0 Å². The molecule has 0 atom stereocenters. The summed E-state index contributed by atoms with van der Waals surface area (Å²) in [5.41, 5.74) is 5.27. The molecule has 0 aromatic heterocycles. The minimum Gasteiger partial charge on any atom is -0.322 e. The van der Waals surface area contributed by atoms with E-state index in [9.17, 15) is 4.79 Å². The molecule has 1 aliphatic heterocycles. The van der Waals surface area contributed by atoms with Gasteiger partial charge in [0, 0.05) is 17.8 Å². The fourth-order valence-electron chi connectivity index (χ4n) is 2.55. The lowest BCUT2D eigenvalue weighted by Gasteiger charge is -2.17. The standard InChI is InChI=1S/C17H18N2O/c1-12-3-2-4-16(9-12)19-17(20)14-6-5-13-7-8-18-11-15(13)10-14/h2-6,9-10,18H,7-8,11H2,1H3,(H,19,20). The SMILES string of the molecule is Cc1cccc(NC(=O)c2ccc3c(c2)CNCC3)c1. The van der Waals surface area contributed by atoms with E-state index in [0.29, 0.717) is 5.56 Å². The first-order chi connectivity index (χ1) is 9.72. The van der Waals surface area contributed by atoms with E-state index in [-0.39, 0.29) is 5.91 Å². The summed E-state index contributed by atoms with van der Waals surface area (Å²) in [7, 11) is 0. The van der Waals surface area contributed by atoms with E-state index in [1.54, 1.807) is 0 Å². The molecule has 0 saturated heterocycles. The van der Waals surface area contributed by atoms with Gasteiger partial charge in [0.1, 0.15) is 0 Å². The molecule has 0 spiro atoms. The third-order valence-corrected chi connectivity index (χ3v) is 3.63. The quantitative estimate of drug-likeness (QED) is 0.877. The molecule has 1 aliphatic rings. The van der Waals surface area contributed by atoms with Crippen molar-refractivity contribution in [2.24, 2.45) is 0 Å². The number of rotatable bonds is 2. The fourth-order valence-corrected chi connectivity index (χ4v) is 2.55. The van der Waals surface area contributed by atoms with Gasteiger partial charge in [-0.2, -0.15) is 0 Å². The van der Waals surface area contributed by atoms with Crippen LogP contribution in [0.1, 0.15) is 27.0 Å². The molecule has 20 heavy (non-hydrogen) atoms. The van der Waals surface area contributed by atoms with Gasteiger partial charge in [-0.3, -0.25) is 4.79 Å². The number of carbonyl (C=O) groups is 1. The van der Waals surface area contributed by atoms with E-state index in [2.05, 4.69) is 16.7 Å². The number of hydrogen-bond donors (Lipinski definition) is 2. The molecule has 3 heteroatoms. The van der Waals surface area contributed by atoms with Gasteiger partial charge in [0.2, 0.25) is 0 Å². The van der Waals surface area contributed by atoms with Crippen LogP contribution in [0.5, 0.6) is 0 Å². The normalized spacial score (nSPS) is 13.7. The lowest BCUT2D eigenvalue weighted by molar-refractivity contribution is 0.102. The molecule has 2 aromatic rings. The van der Waals surface area contributed by atoms with Gasteiger partial charge < -0.3 is 10.6 Å². The zero-order chi connectivity index (χ0) is 13.9. The van der Waals surface area contributed by atoms with E-state index in [1.165, 1.54) is 11.1 Å². The lowest BCUT2D eigenvalue weighted by atomic mass is 9.98. The Labute approximate surface area is 119 Å². The minimum absolute atomic E-state index is 0.0519. The van der Waals surface area contributed by atoms with Gasteiger partial charge in [-0.1, -0.05) is 18.2 Å². The van der Waals surface area contributed by atoms with Crippen LogP contribution in [-0.4, -0.2) is 12.5 Å². The number of anilines is 1. The third kappa shape index (κ3) is 2.73. The topological polar surface area (TPSA) is 41.1 Å². The number of benzene rings is 2. The molecule has 1 heterocycles. The highest BCUT2D eigenvalue weighted by Gasteiger charge is 2.12. The van der Waals surface area contributed by atoms with Crippen molar-refractivity contribution in [2.75, 3.05) is 11.9 Å². The second-order valence-electron chi connectivity index (χ2n) is 5.23. The van der Waals surface area contributed by atoms with Crippen LogP contribution in [0.4, 0.5) is 5.69 Å². The Kier molecular flexibility index (Phi) is 3.52. The molecule has 2 aromatic carbocycles. The molecule has 3 nitrogen and oxygen atoms in total. The number of nitrogens with one attached hydrogen (secondary N) is 2. The van der Waals surface area contributed by atoms with Gasteiger partial charge in [0.05, 0.1) is 0 Å². The summed E-state index contributed by atoms with van der Waals surface area (Å²) in [6.07, 6.45) is 1.04. The summed E-state index contributed by atoms with van der Waals surface area (Å²) < 4.78 is 0. The number of hydrogen-bond acceptors (Lipinski definition) is 2. The lowest BCUT2D eigenvalue weighted by Crippen LogP contribution is -2.24. The van der Waals surface area contributed by atoms with Gasteiger partial charge >= 0.3 is 0 Å².